The Morgan fingerprint density at radius 3 is 2.80 bits per heavy atom. The van der Waals surface area contributed by atoms with Gasteiger partial charge in [-0.25, -0.2) is 9.67 Å². The highest BCUT2D eigenvalue weighted by Crippen LogP contribution is 2.29. The summed E-state index contributed by atoms with van der Waals surface area (Å²) in [4.78, 5) is 11.5. The maximum absolute atomic E-state index is 4.61. The number of fused-ring (bicyclic) bond motifs is 1. The van der Waals surface area contributed by atoms with Crippen LogP contribution in [0.1, 0.15) is 24.4 Å². The van der Waals surface area contributed by atoms with Crippen molar-refractivity contribution in [1.29, 1.82) is 0 Å². The van der Waals surface area contributed by atoms with Gasteiger partial charge in [-0.3, -0.25) is 0 Å². The molecule has 104 valence electrons. The first-order chi connectivity index (χ1) is 9.71. The molecule has 20 heavy (non-hydrogen) atoms. The third kappa shape index (κ3) is 2.27. The van der Waals surface area contributed by atoms with Gasteiger partial charge >= 0.3 is 0 Å². The molecule has 5 nitrogen and oxygen atoms in total. The number of thiophene rings is 1. The van der Waals surface area contributed by atoms with Crippen molar-refractivity contribution in [2.24, 2.45) is 0 Å². The smallest absolute Gasteiger partial charge is 0.226 e. The first-order valence-electron chi connectivity index (χ1n) is 6.78. The van der Waals surface area contributed by atoms with Crippen LogP contribution in [-0.2, 0) is 6.42 Å². The maximum atomic E-state index is 4.61. The number of hydrogen-bond acceptors (Lipinski definition) is 5. The van der Waals surface area contributed by atoms with E-state index >= 15 is 0 Å². The van der Waals surface area contributed by atoms with E-state index in [0.29, 0.717) is 5.95 Å². The summed E-state index contributed by atoms with van der Waals surface area (Å²) in [6.07, 6.45) is 2.95. The van der Waals surface area contributed by atoms with Crippen LogP contribution in [-0.4, -0.2) is 26.3 Å². The zero-order valence-electron chi connectivity index (χ0n) is 11.8. The van der Waals surface area contributed by atoms with Crippen LogP contribution < -0.4 is 5.32 Å². The van der Waals surface area contributed by atoms with Crippen molar-refractivity contribution in [3.8, 4) is 5.82 Å². The number of aryl methyl sites for hydroxylation is 2. The molecule has 0 saturated heterocycles. The maximum Gasteiger partial charge on any atom is 0.226 e. The first-order valence-corrected chi connectivity index (χ1v) is 7.60. The van der Waals surface area contributed by atoms with E-state index in [1.165, 1.54) is 4.88 Å². The molecule has 0 spiro atoms. The molecular weight excluding hydrogens is 270 g/mol. The molecule has 6 heteroatoms. The van der Waals surface area contributed by atoms with Gasteiger partial charge in [0.2, 0.25) is 5.95 Å². The molecular formula is C14H17N5S. The molecule has 0 aromatic carbocycles. The van der Waals surface area contributed by atoms with Crippen LogP contribution >= 0.6 is 11.3 Å². The van der Waals surface area contributed by atoms with Crippen LogP contribution in [0.5, 0.6) is 0 Å². The van der Waals surface area contributed by atoms with Gasteiger partial charge < -0.3 is 5.32 Å². The molecule has 0 fully saturated rings. The summed E-state index contributed by atoms with van der Waals surface area (Å²) >= 11 is 1.72. The van der Waals surface area contributed by atoms with Crippen LogP contribution in [0.3, 0.4) is 0 Å². The van der Waals surface area contributed by atoms with Gasteiger partial charge in [0.05, 0.1) is 11.1 Å². The molecule has 0 unspecified atom stereocenters. The Bertz CT molecular complexity index is 743. The van der Waals surface area contributed by atoms with Gasteiger partial charge in [-0.1, -0.05) is 6.92 Å². The highest BCUT2D eigenvalue weighted by molar-refractivity contribution is 7.18. The highest BCUT2D eigenvalue weighted by atomic mass is 32.1. The molecule has 0 amide bonds. The van der Waals surface area contributed by atoms with Crippen molar-refractivity contribution in [3.63, 3.8) is 0 Å². The summed E-state index contributed by atoms with van der Waals surface area (Å²) in [5, 5.41) is 8.72. The molecule has 3 heterocycles. The summed E-state index contributed by atoms with van der Waals surface area (Å²) in [6.45, 7) is 6.97. The zero-order chi connectivity index (χ0) is 14.1. The lowest BCUT2D eigenvalue weighted by Crippen LogP contribution is -2.06. The van der Waals surface area contributed by atoms with E-state index in [0.717, 1.165) is 34.7 Å². The van der Waals surface area contributed by atoms with Crippen LogP contribution in [0, 0.1) is 6.92 Å². The quantitative estimate of drug-likeness (QED) is 0.800. The van der Waals surface area contributed by atoms with Crippen LogP contribution in [0.4, 0.5) is 5.95 Å². The standard InChI is InChI=1S/C14H17N5S/c1-4-10-8-11-12(19-7-6-9(3)18-19)16-14(15-5-2)17-13(11)20-10/h6-8H,4-5H2,1-3H3,(H,15,16,17). The van der Waals surface area contributed by atoms with E-state index in [4.69, 9.17) is 0 Å². The number of nitrogens with zero attached hydrogens (tertiary/aromatic N) is 4. The number of hydrogen-bond donors (Lipinski definition) is 1. The third-order valence-electron chi connectivity index (χ3n) is 3.05. The average molecular weight is 287 g/mol. The fraction of sp³-hybridized carbons (Fsp3) is 0.357. The SMILES string of the molecule is CCNc1nc(-n2ccc(C)n2)c2cc(CC)sc2n1. The molecule has 0 aliphatic carbocycles. The minimum Gasteiger partial charge on any atom is -0.354 e. The summed E-state index contributed by atoms with van der Waals surface area (Å²) in [7, 11) is 0. The number of aromatic nitrogens is 4. The highest BCUT2D eigenvalue weighted by Gasteiger charge is 2.13. The molecule has 0 aliphatic rings. The van der Waals surface area contributed by atoms with Gasteiger partial charge in [0.1, 0.15) is 4.83 Å². The van der Waals surface area contributed by atoms with Crippen molar-refractivity contribution < 1.29 is 0 Å². The van der Waals surface area contributed by atoms with E-state index in [2.05, 4.69) is 33.4 Å². The van der Waals surface area contributed by atoms with Crippen molar-refractivity contribution >= 4 is 27.5 Å². The average Bonchev–Trinajstić information content (AvgIpc) is 3.04. The van der Waals surface area contributed by atoms with Crippen LogP contribution in [0.15, 0.2) is 18.3 Å². The molecule has 3 aromatic rings. The van der Waals surface area contributed by atoms with Crippen LogP contribution in [0.25, 0.3) is 16.0 Å². The Labute approximate surface area is 121 Å². The second-order valence-electron chi connectivity index (χ2n) is 4.59. The molecule has 0 bridgehead atoms. The van der Waals surface area contributed by atoms with E-state index in [-0.39, 0.29) is 0 Å². The summed E-state index contributed by atoms with van der Waals surface area (Å²) < 4.78 is 1.83. The fourth-order valence-electron chi connectivity index (χ4n) is 2.08. The normalized spacial score (nSPS) is 11.2. The van der Waals surface area contributed by atoms with Gasteiger partial charge in [0.25, 0.3) is 0 Å². The minimum absolute atomic E-state index is 0.660. The van der Waals surface area contributed by atoms with E-state index in [1.54, 1.807) is 11.3 Å². The molecule has 0 radical (unpaired) electrons. The third-order valence-corrected chi connectivity index (χ3v) is 4.22. The van der Waals surface area contributed by atoms with E-state index in [9.17, 15) is 0 Å². The lowest BCUT2D eigenvalue weighted by Gasteiger charge is -2.06. The predicted molar refractivity (Wildman–Crippen MR) is 82.8 cm³/mol. The van der Waals surface area contributed by atoms with Crippen molar-refractivity contribution in [3.05, 3.63) is 28.9 Å². The molecule has 3 aromatic heterocycles. The zero-order valence-corrected chi connectivity index (χ0v) is 12.7. The van der Waals surface area contributed by atoms with Crippen LogP contribution in [0.2, 0.25) is 0 Å². The lowest BCUT2D eigenvalue weighted by atomic mass is 10.3. The number of anilines is 1. The Balaban J connectivity index is 2.23. The summed E-state index contributed by atoms with van der Waals surface area (Å²) in [6, 6.07) is 4.15. The first kappa shape index (κ1) is 13.1. The Hall–Kier alpha value is -1.95. The summed E-state index contributed by atoms with van der Waals surface area (Å²) in [5.74, 6) is 1.50. The van der Waals surface area contributed by atoms with E-state index in [1.807, 2.05) is 30.8 Å². The number of rotatable bonds is 4. The molecule has 3 rings (SSSR count). The lowest BCUT2D eigenvalue weighted by molar-refractivity contribution is 0.837. The minimum atomic E-state index is 0.660. The van der Waals surface area contributed by atoms with Crippen molar-refractivity contribution in [2.75, 3.05) is 11.9 Å². The van der Waals surface area contributed by atoms with Gasteiger partial charge in [-0.2, -0.15) is 10.1 Å². The van der Waals surface area contributed by atoms with Gasteiger partial charge in [-0.15, -0.1) is 11.3 Å². The summed E-state index contributed by atoms with van der Waals surface area (Å²) in [5.41, 5.74) is 0.979. The largest absolute Gasteiger partial charge is 0.354 e. The molecule has 0 aliphatic heterocycles. The van der Waals surface area contributed by atoms with Gasteiger partial charge in [0, 0.05) is 17.6 Å². The topological polar surface area (TPSA) is 55.6 Å². The second-order valence-corrected chi connectivity index (χ2v) is 5.70. The van der Waals surface area contributed by atoms with Gasteiger partial charge in [0.15, 0.2) is 5.82 Å². The van der Waals surface area contributed by atoms with Crippen molar-refractivity contribution in [2.45, 2.75) is 27.2 Å². The molecule has 0 saturated carbocycles. The second kappa shape index (κ2) is 5.20. The Morgan fingerprint density at radius 2 is 2.15 bits per heavy atom. The fourth-order valence-corrected chi connectivity index (χ4v) is 3.04. The molecule has 0 atom stereocenters. The Kier molecular flexibility index (Phi) is 3.40. The number of nitrogens with one attached hydrogen (secondary N) is 1. The Morgan fingerprint density at radius 1 is 1.30 bits per heavy atom. The monoisotopic (exact) mass is 287 g/mol. The van der Waals surface area contributed by atoms with Crippen molar-refractivity contribution in [1.82, 2.24) is 19.7 Å². The van der Waals surface area contributed by atoms with Gasteiger partial charge in [-0.05, 0) is 32.4 Å². The predicted octanol–water partition coefficient (Wildman–Crippen LogP) is 3.18. The molecule has 1 N–H and O–H groups in total. The van der Waals surface area contributed by atoms with E-state index < -0.39 is 0 Å².